The van der Waals surface area contributed by atoms with Gasteiger partial charge in [0.25, 0.3) is 0 Å². The number of H-pyrrole nitrogens is 1. The molecule has 2 aromatic rings. The number of carbonyl (C=O) groups excluding carboxylic acids is 3. The zero-order chi connectivity index (χ0) is 15.0. The zero-order valence-electron chi connectivity index (χ0n) is 11.7. The average Bonchev–Trinajstić information content (AvgIpc) is 2.88. The second-order valence-electron chi connectivity index (χ2n) is 5.39. The van der Waals surface area contributed by atoms with E-state index in [-0.39, 0.29) is 30.6 Å². The summed E-state index contributed by atoms with van der Waals surface area (Å²) in [5.41, 5.74) is 2.44. The molecule has 0 saturated carbocycles. The maximum Gasteiger partial charge on any atom is 0.224 e. The van der Waals surface area contributed by atoms with E-state index >= 15 is 0 Å². The molecule has 1 heterocycles. The van der Waals surface area contributed by atoms with Crippen molar-refractivity contribution in [3.05, 3.63) is 35.5 Å². The van der Waals surface area contributed by atoms with Gasteiger partial charge in [0, 0.05) is 17.3 Å². The van der Waals surface area contributed by atoms with E-state index in [1.165, 1.54) is 0 Å². The van der Waals surface area contributed by atoms with Crippen LogP contribution in [0.5, 0.6) is 0 Å². The smallest absolute Gasteiger partial charge is 0.224 e. The average molecular weight is 284 g/mol. The van der Waals surface area contributed by atoms with Crippen molar-refractivity contribution >= 4 is 28.9 Å². The summed E-state index contributed by atoms with van der Waals surface area (Å²) in [4.78, 5) is 38.0. The number of rotatable bonds is 3. The van der Waals surface area contributed by atoms with Crippen LogP contribution in [0, 0.1) is 5.92 Å². The summed E-state index contributed by atoms with van der Waals surface area (Å²) in [6, 6.07) is 7.71. The Balaban J connectivity index is 2.03. The van der Waals surface area contributed by atoms with Crippen molar-refractivity contribution in [3.8, 4) is 0 Å². The maximum atomic E-state index is 12.3. The molecule has 0 saturated heterocycles. The van der Waals surface area contributed by atoms with Crippen molar-refractivity contribution < 1.29 is 14.4 Å². The lowest BCUT2D eigenvalue weighted by Crippen LogP contribution is -2.38. The highest BCUT2D eigenvalue weighted by Gasteiger charge is 2.37. The van der Waals surface area contributed by atoms with Gasteiger partial charge in [-0.3, -0.25) is 9.59 Å². The molecule has 3 rings (SSSR count). The highest BCUT2D eigenvalue weighted by Crippen LogP contribution is 2.40. The maximum absolute atomic E-state index is 12.3. The first-order valence-electron chi connectivity index (χ1n) is 6.98. The summed E-state index contributed by atoms with van der Waals surface area (Å²) in [6.07, 6.45) is 0.815. The van der Waals surface area contributed by atoms with Gasteiger partial charge in [0.1, 0.15) is 6.29 Å². The van der Waals surface area contributed by atoms with Crippen LogP contribution in [-0.4, -0.2) is 29.5 Å². The monoisotopic (exact) mass is 284 g/mol. The van der Waals surface area contributed by atoms with Gasteiger partial charge < -0.3 is 15.1 Å². The predicted molar refractivity (Wildman–Crippen MR) is 78.2 cm³/mol. The molecule has 0 fully saturated rings. The van der Waals surface area contributed by atoms with Crippen molar-refractivity contribution in [1.82, 2.24) is 10.3 Å². The van der Waals surface area contributed by atoms with Crippen molar-refractivity contribution in [2.45, 2.75) is 19.3 Å². The van der Waals surface area contributed by atoms with E-state index in [0.717, 1.165) is 16.5 Å². The molecule has 21 heavy (non-hydrogen) atoms. The fourth-order valence-electron chi connectivity index (χ4n) is 3.13. The number of hydrogen-bond acceptors (Lipinski definition) is 3. The first-order valence-corrected chi connectivity index (χ1v) is 6.98. The minimum atomic E-state index is -0.427. The molecule has 2 unspecified atom stereocenters. The van der Waals surface area contributed by atoms with Crippen LogP contribution in [0.3, 0.4) is 0 Å². The number of Topliss-reactive ketones (excluding diaryl/α,β-unsaturated/α-hetero) is 1. The van der Waals surface area contributed by atoms with Crippen LogP contribution in [-0.2, 0) is 9.59 Å². The van der Waals surface area contributed by atoms with Crippen LogP contribution in [0.4, 0.5) is 0 Å². The van der Waals surface area contributed by atoms with Gasteiger partial charge in [-0.05, 0) is 17.5 Å². The van der Waals surface area contributed by atoms with E-state index in [1.54, 1.807) is 0 Å². The third-order valence-corrected chi connectivity index (χ3v) is 4.19. The molecule has 5 nitrogen and oxygen atoms in total. The van der Waals surface area contributed by atoms with Gasteiger partial charge in [-0.1, -0.05) is 25.1 Å². The molecule has 0 bridgehead atoms. The quantitative estimate of drug-likeness (QED) is 0.843. The van der Waals surface area contributed by atoms with E-state index in [4.69, 9.17) is 0 Å². The number of hydrogen-bond donors (Lipinski definition) is 2. The molecule has 1 aromatic carbocycles. The molecule has 0 spiro atoms. The van der Waals surface area contributed by atoms with E-state index in [2.05, 4.69) is 10.3 Å². The highest BCUT2D eigenvalue weighted by atomic mass is 16.2. The Bertz CT molecular complexity index is 732. The van der Waals surface area contributed by atoms with E-state index in [9.17, 15) is 14.4 Å². The fraction of sp³-hybridized carbons (Fsp3) is 0.312. The second kappa shape index (κ2) is 5.16. The Morgan fingerprint density at radius 1 is 1.43 bits per heavy atom. The Kier molecular flexibility index (Phi) is 3.33. The van der Waals surface area contributed by atoms with Crippen LogP contribution in [0.15, 0.2) is 24.3 Å². The van der Waals surface area contributed by atoms with Crippen LogP contribution < -0.4 is 5.32 Å². The summed E-state index contributed by atoms with van der Waals surface area (Å²) in [5, 5.41) is 3.54. The number of benzene rings is 1. The van der Waals surface area contributed by atoms with Crippen molar-refractivity contribution in [3.63, 3.8) is 0 Å². The van der Waals surface area contributed by atoms with Crippen LogP contribution >= 0.6 is 0 Å². The Morgan fingerprint density at radius 2 is 2.19 bits per heavy atom. The fourth-order valence-corrected chi connectivity index (χ4v) is 3.13. The summed E-state index contributed by atoms with van der Waals surface area (Å²) in [7, 11) is 0. The van der Waals surface area contributed by atoms with Gasteiger partial charge in [0.15, 0.2) is 5.78 Å². The standard InChI is InChI=1S/C16H16N2O3/c1-9-11(16(21)17-6-7-19)8-13(20)15-14(9)10-4-2-3-5-12(10)18-15/h2-5,7,9,11,18H,6,8H2,1H3,(H,17,21). The number of nitrogens with one attached hydrogen (secondary N) is 2. The summed E-state index contributed by atoms with van der Waals surface area (Å²) < 4.78 is 0. The van der Waals surface area contributed by atoms with Crippen molar-refractivity contribution in [2.24, 2.45) is 5.92 Å². The van der Waals surface area contributed by atoms with Crippen LogP contribution in [0.2, 0.25) is 0 Å². The van der Waals surface area contributed by atoms with Gasteiger partial charge in [-0.25, -0.2) is 0 Å². The first-order chi connectivity index (χ1) is 10.1. The van der Waals surface area contributed by atoms with Crippen molar-refractivity contribution in [2.75, 3.05) is 6.54 Å². The summed E-state index contributed by atoms with van der Waals surface area (Å²) >= 11 is 0. The molecular formula is C16H16N2O3. The van der Waals surface area contributed by atoms with Crippen molar-refractivity contribution in [1.29, 1.82) is 0 Å². The third-order valence-electron chi connectivity index (χ3n) is 4.19. The normalized spacial score (nSPS) is 21.1. The number of aromatic amines is 1. The largest absolute Gasteiger partial charge is 0.352 e. The molecule has 1 aromatic heterocycles. The molecule has 0 radical (unpaired) electrons. The van der Waals surface area contributed by atoms with Gasteiger partial charge in [-0.2, -0.15) is 0 Å². The predicted octanol–water partition coefficient (Wildman–Crippen LogP) is 1.79. The Labute approximate surface area is 121 Å². The molecule has 2 N–H and O–H groups in total. The summed E-state index contributed by atoms with van der Waals surface area (Å²) in [6.45, 7) is 1.94. The van der Waals surface area contributed by atoms with Gasteiger partial charge >= 0.3 is 0 Å². The first kappa shape index (κ1) is 13.5. The lowest BCUT2D eigenvalue weighted by Gasteiger charge is -2.27. The molecule has 1 aliphatic carbocycles. The summed E-state index contributed by atoms with van der Waals surface area (Å²) in [5.74, 6) is -0.783. The number of para-hydroxylation sites is 1. The minimum absolute atomic E-state index is 0.0169. The third kappa shape index (κ3) is 2.14. The van der Waals surface area contributed by atoms with Crippen LogP contribution in [0.1, 0.15) is 35.3 Å². The number of aromatic nitrogens is 1. The van der Waals surface area contributed by atoms with Crippen LogP contribution in [0.25, 0.3) is 10.9 Å². The second-order valence-corrected chi connectivity index (χ2v) is 5.39. The molecule has 0 aliphatic heterocycles. The SMILES string of the molecule is CC1c2c([nH]c3ccccc23)C(=O)CC1C(=O)NCC=O. The minimum Gasteiger partial charge on any atom is -0.352 e. The van der Waals surface area contributed by atoms with Gasteiger partial charge in [-0.15, -0.1) is 0 Å². The van der Waals surface area contributed by atoms with E-state index in [0.29, 0.717) is 12.0 Å². The molecule has 108 valence electrons. The van der Waals surface area contributed by atoms with E-state index in [1.807, 2.05) is 31.2 Å². The van der Waals surface area contributed by atoms with E-state index < -0.39 is 5.92 Å². The number of fused-ring (bicyclic) bond motifs is 3. The molecular weight excluding hydrogens is 268 g/mol. The molecule has 5 heteroatoms. The number of carbonyl (C=O) groups is 3. The number of ketones is 1. The molecule has 1 amide bonds. The Hall–Kier alpha value is -2.43. The number of amides is 1. The molecule has 1 aliphatic rings. The van der Waals surface area contributed by atoms with Gasteiger partial charge in [0.2, 0.25) is 5.91 Å². The number of aldehydes is 1. The highest BCUT2D eigenvalue weighted by molar-refractivity contribution is 6.06. The Morgan fingerprint density at radius 3 is 2.95 bits per heavy atom. The molecule has 2 atom stereocenters. The lowest BCUT2D eigenvalue weighted by atomic mass is 9.76. The lowest BCUT2D eigenvalue weighted by molar-refractivity contribution is -0.126. The van der Waals surface area contributed by atoms with Gasteiger partial charge in [0.05, 0.1) is 18.2 Å². The topological polar surface area (TPSA) is 79.0 Å². The zero-order valence-corrected chi connectivity index (χ0v) is 11.7.